The number of fused-ring (bicyclic) bond motifs is 1. The number of nitro benzene ring substituents is 1. The van der Waals surface area contributed by atoms with Crippen LogP contribution in [0, 0.1) is 10.1 Å². The Kier molecular flexibility index (Phi) is 2.68. The average Bonchev–Trinajstić information content (AvgIpc) is 2.70. The Balaban J connectivity index is 2.73. The number of hydrogen-bond acceptors (Lipinski definition) is 5. The molecule has 0 fully saturated rings. The molecule has 1 amide bonds. The molecule has 0 aliphatic carbocycles. The molecule has 0 aliphatic rings. The van der Waals surface area contributed by atoms with Crippen molar-refractivity contribution in [2.24, 2.45) is 0 Å². The lowest BCUT2D eigenvalue weighted by molar-refractivity contribution is -0.384. The Morgan fingerprint density at radius 2 is 2.35 bits per heavy atom. The Labute approximate surface area is 99.5 Å². The fourth-order valence-corrected chi connectivity index (χ4v) is 1.65. The predicted molar refractivity (Wildman–Crippen MR) is 60.0 cm³/mol. The number of carbonyl (C=O) groups is 1. The fraction of sp³-hybridized carbons (Fsp3) is 0.111. The zero-order chi connectivity index (χ0) is 12.6. The average molecular weight is 256 g/mol. The number of rotatable bonds is 2. The third-order valence-electron chi connectivity index (χ3n) is 2.03. The number of hydrogen-bond donors (Lipinski definition) is 1. The smallest absolute Gasteiger partial charge is 0.292 e. The number of carbonyl (C=O) groups excluding carboxylic acids is 1. The molecule has 0 atom stereocenters. The fourth-order valence-electron chi connectivity index (χ4n) is 1.40. The number of aromatic nitrogens is 1. The van der Waals surface area contributed by atoms with Crippen LogP contribution in [-0.2, 0) is 4.79 Å². The molecule has 2 aromatic rings. The van der Waals surface area contributed by atoms with Crippen molar-refractivity contribution in [3.8, 4) is 0 Å². The molecule has 2 rings (SSSR count). The molecule has 0 aliphatic heterocycles. The Bertz CT molecular complexity index is 622. The van der Waals surface area contributed by atoms with E-state index in [9.17, 15) is 14.9 Å². The van der Waals surface area contributed by atoms with E-state index in [1.807, 2.05) is 0 Å². The number of amides is 1. The minimum Gasteiger partial charge on any atom is -0.441 e. The predicted octanol–water partition coefficient (Wildman–Crippen LogP) is 2.35. The molecule has 8 heteroatoms. The molecule has 1 heterocycles. The third kappa shape index (κ3) is 1.92. The van der Waals surface area contributed by atoms with E-state index in [0.29, 0.717) is 0 Å². The van der Waals surface area contributed by atoms with Gasteiger partial charge >= 0.3 is 0 Å². The second kappa shape index (κ2) is 4.02. The van der Waals surface area contributed by atoms with Gasteiger partial charge in [-0.2, -0.15) is 0 Å². The lowest BCUT2D eigenvalue weighted by atomic mass is 10.2. The van der Waals surface area contributed by atoms with Crippen LogP contribution in [0.3, 0.4) is 0 Å². The summed E-state index contributed by atoms with van der Waals surface area (Å²) in [6.07, 6.45) is 1.10. The van der Waals surface area contributed by atoms with Crippen LogP contribution in [0.15, 0.2) is 16.9 Å². The van der Waals surface area contributed by atoms with E-state index < -0.39 is 4.92 Å². The van der Waals surface area contributed by atoms with Gasteiger partial charge in [0.15, 0.2) is 12.0 Å². The molecule has 0 unspecified atom stereocenters. The van der Waals surface area contributed by atoms with Gasteiger partial charge in [0.25, 0.3) is 5.69 Å². The van der Waals surface area contributed by atoms with Crippen LogP contribution < -0.4 is 5.32 Å². The zero-order valence-corrected chi connectivity index (χ0v) is 9.32. The van der Waals surface area contributed by atoms with Crippen molar-refractivity contribution in [3.63, 3.8) is 0 Å². The van der Waals surface area contributed by atoms with Crippen LogP contribution in [0.2, 0.25) is 5.02 Å². The van der Waals surface area contributed by atoms with Crippen molar-refractivity contribution in [3.05, 3.63) is 27.6 Å². The largest absolute Gasteiger partial charge is 0.441 e. The summed E-state index contributed by atoms with van der Waals surface area (Å²) in [5.41, 5.74) is 0.179. The molecule has 17 heavy (non-hydrogen) atoms. The maximum absolute atomic E-state index is 11.0. The van der Waals surface area contributed by atoms with Crippen molar-refractivity contribution in [1.82, 2.24) is 4.98 Å². The first-order chi connectivity index (χ1) is 8.00. The number of benzene rings is 1. The Morgan fingerprint density at radius 3 is 2.94 bits per heavy atom. The van der Waals surface area contributed by atoms with E-state index in [-0.39, 0.29) is 33.4 Å². The highest BCUT2D eigenvalue weighted by Crippen LogP contribution is 2.36. The van der Waals surface area contributed by atoms with Gasteiger partial charge in [0.1, 0.15) is 10.5 Å². The van der Waals surface area contributed by atoms with Crippen LogP contribution >= 0.6 is 11.6 Å². The second-order valence-electron chi connectivity index (χ2n) is 3.23. The van der Waals surface area contributed by atoms with Gasteiger partial charge in [-0.05, 0) is 0 Å². The van der Waals surface area contributed by atoms with E-state index >= 15 is 0 Å². The first-order valence-corrected chi connectivity index (χ1v) is 4.86. The minimum atomic E-state index is -0.651. The highest BCUT2D eigenvalue weighted by Gasteiger charge is 2.22. The molecule has 1 aromatic heterocycles. The van der Waals surface area contributed by atoms with Crippen LogP contribution in [-0.4, -0.2) is 15.8 Å². The highest BCUT2D eigenvalue weighted by atomic mass is 35.5. The van der Waals surface area contributed by atoms with Crippen molar-refractivity contribution in [2.45, 2.75) is 6.92 Å². The van der Waals surface area contributed by atoms with E-state index in [1.165, 1.54) is 6.92 Å². The van der Waals surface area contributed by atoms with Crippen LogP contribution in [0.5, 0.6) is 0 Å². The van der Waals surface area contributed by atoms with Crippen LogP contribution in [0.4, 0.5) is 11.4 Å². The number of halogens is 1. The standard InChI is InChI=1S/C9H6ClN3O4/c1-4(14)12-5-2-6(13(15)16)7(10)8-9(5)17-3-11-8/h2-3H,1H3,(H,12,14). The third-order valence-corrected chi connectivity index (χ3v) is 2.41. The van der Waals surface area contributed by atoms with Gasteiger partial charge in [-0.25, -0.2) is 4.98 Å². The topological polar surface area (TPSA) is 98.3 Å². The van der Waals surface area contributed by atoms with Gasteiger partial charge in [0, 0.05) is 13.0 Å². The summed E-state index contributed by atoms with van der Waals surface area (Å²) < 4.78 is 5.03. The molecule has 1 aromatic carbocycles. The van der Waals surface area contributed by atoms with Gasteiger partial charge in [-0.15, -0.1) is 0 Å². The quantitative estimate of drug-likeness (QED) is 0.656. The van der Waals surface area contributed by atoms with E-state index in [0.717, 1.165) is 12.5 Å². The van der Waals surface area contributed by atoms with E-state index in [4.69, 9.17) is 16.0 Å². The Morgan fingerprint density at radius 1 is 1.65 bits per heavy atom. The molecular formula is C9H6ClN3O4. The monoisotopic (exact) mass is 255 g/mol. The summed E-state index contributed by atoms with van der Waals surface area (Å²) in [6.45, 7) is 1.28. The van der Waals surface area contributed by atoms with Crippen molar-refractivity contribution >= 4 is 40.0 Å². The van der Waals surface area contributed by atoms with Gasteiger partial charge in [0.2, 0.25) is 5.91 Å². The summed E-state index contributed by atoms with van der Waals surface area (Å²) in [7, 11) is 0. The molecule has 0 saturated heterocycles. The second-order valence-corrected chi connectivity index (χ2v) is 3.60. The normalized spacial score (nSPS) is 10.5. The summed E-state index contributed by atoms with van der Waals surface area (Å²) in [6, 6.07) is 1.14. The number of anilines is 1. The first kappa shape index (κ1) is 11.3. The van der Waals surface area contributed by atoms with Crippen LogP contribution in [0.25, 0.3) is 11.1 Å². The Hall–Kier alpha value is -2.15. The number of nitrogens with zero attached hydrogens (tertiary/aromatic N) is 2. The highest BCUT2D eigenvalue weighted by molar-refractivity contribution is 6.37. The lowest BCUT2D eigenvalue weighted by Crippen LogP contribution is -2.06. The molecule has 0 radical (unpaired) electrons. The molecule has 7 nitrogen and oxygen atoms in total. The summed E-state index contributed by atoms with van der Waals surface area (Å²) in [5, 5.41) is 13.1. The van der Waals surface area contributed by atoms with Crippen molar-refractivity contribution in [2.75, 3.05) is 5.32 Å². The van der Waals surface area contributed by atoms with Gasteiger partial charge in [-0.3, -0.25) is 14.9 Å². The van der Waals surface area contributed by atoms with Crippen molar-refractivity contribution in [1.29, 1.82) is 0 Å². The summed E-state index contributed by atoms with van der Waals surface area (Å²) in [4.78, 5) is 24.9. The first-order valence-electron chi connectivity index (χ1n) is 4.48. The number of oxazole rings is 1. The molecule has 0 saturated carbocycles. The number of nitro groups is 1. The van der Waals surface area contributed by atoms with Crippen LogP contribution in [0.1, 0.15) is 6.92 Å². The summed E-state index contributed by atoms with van der Waals surface area (Å²) in [5.74, 6) is -0.376. The molecular weight excluding hydrogens is 250 g/mol. The minimum absolute atomic E-state index is 0.118. The molecule has 0 bridgehead atoms. The lowest BCUT2D eigenvalue weighted by Gasteiger charge is -2.03. The van der Waals surface area contributed by atoms with Gasteiger partial charge in [-0.1, -0.05) is 11.6 Å². The van der Waals surface area contributed by atoms with Gasteiger partial charge < -0.3 is 9.73 Å². The zero-order valence-electron chi connectivity index (χ0n) is 8.56. The maximum Gasteiger partial charge on any atom is 0.292 e. The van der Waals surface area contributed by atoms with Crippen molar-refractivity contribution < 1.29 is 14.1 Å². The maximum atomic E-state index is 11.0. The van der Waals surface area contributed by atoms with Gasteiger partial charge in [0.05, 0.1) is 10.6 Å². The summed E-state index contributed by atoms with van der Waals surface area (Å²) >= 11 is 5.81. The molecule has 0 spiro atoms. The SMILES string of the molecule is CC(=O)Nc1cc([N+](=O)[O-])c(Cl)c2ncoc12. The van der Waals surface area contributed by atoms with E-state index in [1.54, 1.807) is 0 Å². The van der Waals surface area contributed by atoms with E-state index in [2.05, 4.69) is 10.3 Å². The molecule has 88 valence electrons. The molecule has 1 N–H and O–H groups in total. The number of nitrogens with one attached hydrogen (secondary N) is 1.